The summed E-state index contributed by atoms with van der Waals surface area (Å²) in [4.78, 5) is 4.28. The first-order valence-corrected chi connectivity index (χ1v) is 7.41. The lowest BCUT2D eigenvalue weighted by Gasteiger charge is -2.02. The number of hydrogen-bond acceptors (Lipinski definition) is 4. The number of nitrogens with zero attached hydrogens (tertiary/aromatic N) is 5. The van der Waals surface area contributed by atoms with Gasteiger partial charge in [-0.05, 0) is 18.0 Å². The molecule has 106 valence electrons. The molecule has 0 saturated carbocycles. The van der Waals surface area contributed by atoms with E-state index in [9.17, 15) is 0 Å². The Hall–Kier alpha value is -1.69. The van der Waals surface area contributed by atoms with Gasteiger partial charge in [0, 0.05) is 6.42 Å². The molecule has 6 nitrogen and oxygen atoms in total. The van der Waals surface area contributed by atoms with Gasteiger partial charge >= 0.3 is 0 Å². The fraction of sp³-hybridized carbons (Fsp3) is 0.538. The molecule has 0 atom stereocenters. The number of unbranched alkanes of at least 4 members (excludes halogenated alkanes) is 4. The maximum absolute atomic E-state index is 6.23. The minimum Gasteiger partial charge on any atom is -0.261 e. The van der Waals surface area contributed by atoms with Crippen LogP contribution in [0.15, 0.2) is 6.20 Å². The van der Waals surface area contributed by atoms with E-state index in [1.165, 1.54) is 25.7 Å². The first-order valence-electron chi connectivity index (χ1n) is 7.04. The zero-order valence-electron chi connectivity index (χ0n) is 11.4. The summed E-state index contributed by atoms with van der Waals surface area (Å²) in [5.74, 6) is 0.872. The summed E-state index contributed by atoms with van der Waals surface area (Å²) in [6.07, 6.45) is 8.69. The Morgan fingerprint density at radius 3 is 2.90 bits per heavy atom. The molecule has 0 aromatic carbocycles. The van der Waals surface area contributed by atoms with Gasteiger partial charge in [-0.25, -0.2) is 0 Å². The largest absolute Gasteiger partial charge is 0.261 e. The summed E-state index contributed by atoms with van der Waals surface area (Å²) in [6.45, 7) is 2.22. The Balaban J connectivity index is 1.85. The van der Waals surface area contributed by atoms with E-state index in [2.05, 4.69) is 32.3 Å². The molecule has 20 heavy (non-hydrogen) atoms. The molecule has 3 heterocycles. The van der Waals surface area contributed by atoms with Gasteiger partial charge in [-0.15, -0.1) is 10.2 Å². The monoisotopic (exact) mass is 292 g/mol. The Bertz CT molecular complexity index is 716. The van der Waals surface area contributed by atoms with Crippen LogP contribution in [0.1, 0.15) is 44.9 Å². The number of rotatable bonds is 6. The molecule has 0 aliphatic heterocycles. The average Bonchev–Trinajstić information content (AvgIpc) is 3.05. The van der Waals surface area contributed by atoms with Crippen molar-refractivity contribution in [2.75, 3.05) is 0 Å². The lowest BCUT2D eigenvalue weighted by atomic mass is 10.1. The number of H-pyrrole nitrogens is 1. The van der Waals surface area contributed by atoms with Crippen molar-refractivity contribution in [1.82, 2.24) is 29.8 Å². The topological polar surface area (TPSA) is 71.8 Å². The van der Waals surface area contributed by atoms with Crippen LogP contribution in [0, 0.1) is 0 Å². The molecule has 0 saturated heterocycles. The third-order valence-corrected chi connectivity index (χ3v) is 3.74. The molecular weight excluding hydrogens is 276 g/mol. The summed E-state index contributed by atoms with van der Waals surface area (Å²) in [5.41, 5.74) is 1.36. The first kappa shape index (κ1) is 13.3. The van der Waals surface area contributed by atoms with Crippen LogP contribution in [0.5, 0.6) is 0 Å². The van der Waals surface area contributed by atoms with E-state index in [0.717, 1.165) is 29.7 Å². The summed E-state index contributed by atoms with van der Waals surface area (Å²) < 4.78 is 1.82. The van der Waals surface area contributed by atoms with E-state index >= 15 is 0 Å². The molecule has 0 aliphatic rings. The number of fused-ring (bicyclic) bond motifs is 3. The molecule has 0 spiro atoms. The predicted molar refractivity (Wildman–Crippen MR) is 77.9 cm³/mol. The van der Waals surface area contributed by atoms with Gasteiger partial charge in [-0.1, -0.05) is 32.6 Å². The van der Waals surface area contributed by atoms with Crippen LogP contribution < -0.4 is 0 Å². The van der Waals surface area contributed by atoms with Crippen molar-refractivity contribution < 1.29 is 0 Å². The Kier molecular flexibility index (Phi) is 3.82. The molecule has 3 rings (SSSR count). The van der Waals surface area contributed by atoms with E-state index in [1.54, 1.807) is 6.20 Å². The maximum atomic E-state index is 6.23. The molecule has 3 aromatic heterocycles. The van der Waals surface area contributed by atoms with E-state index in [1.807, 2.05) is 4.40 Å². The molecule has 0 radical (unpaired) electrons. The SMILES string of the molecule is CCCCCCCc1nnc2c3cn[nH]c3nc(Cl)n12. The second-order valence-corrected chi connectivity index (χ2v) is 5.29. The highest BCUT2D eigenvalue weighted by molar-refractivity contribution is 6.29. The number of aromatic amines is 1. The van der Waals surface area contributed by atoms with Gasteiger partial charge < -0.3 is 0 Å². The van der Waals surface area contributed by atoms with Crippen LogP contribution in [0.25, 0.3) is 16.7 Å². The van der Waals surface area contributed by atoms with Crippen LogP contribution in [-0.2, 0) is 6.42 Å². The lowest BCUT2D eigenvalue weighted by molar-refractivity contribution is 0.620. The highest BCUT2D eigenvalue weighted by Gasteiger charge is 2.14. The third-order valence-electron chi connectivity index (χ3n) is 3.48. The van der Waals surface area contributed by atoms with Gasteiger partial charge in [0.2, 0.25) is 5.28 Å². The number of aryl methyl sites for hydroxylation is 1. The number of aromatic nitrogens is 6. The van der Waals surface area contributed by atoms with Crippen LogP contribution in [-0.4, -0.2) is 29.8 Å². The number of halogens is 1. The quantitative estimate of drug-likeness (QED) is 0.559. The minimum absolute atomic E-state index is 0.380. The molecule has 7 heteroatoms. The third kappa shape index (κ3) is 2.35. The van der Waals surface area contributed by atoms with Crippen LogP contribution in [0.3, 0.4) is 0 Å². The predicted octanol–water partition coefficient (Wildman–Crippen LogP) is 3.17. The van der Waals surface area contributed by atoms with Gasteiger partial charge in [0.1, 0.15) is 5.82 Å². The zero-order valence-corrected chi connectivity index (χ0v) is 12.2. The Labute approximate surface area is 121 Å². The van der Waals surface area contributed by atoms with Crippen molar-refractivity contribution in [2.24, 2.45) is 0 Å². The lowest BCUT2D eigenvalue weighted by Crippen LogP contribution is -1.99. The standard InChI is InChI=1S/C13H17ClN6/c1-2-3-4-5-6-7-10-17-19-12-9-8-15-18-11(9)16-13(14)20(10)12/h8H,2-7H2,1H3,(H,15,18). The minimum atomic E-state index is 0.380. The van der Waals surface area contributed by atoms with Crippen LogP contribution >= 0.6 is 11.6 Å². The van der Waals surface area contributed by atoms with Crippen molar-refractivity contribution in [3.05, 3.63) is 17.3 Å². The Morgan fingerprint density at radius 2 is 2.05 bits per heavy atom. The second kappa shape index (κ2) is 5.75. The molecule has 0 bridgehead atoms. The number of nitrogens with one attached hydrogen (secondary N) is 1. The summed E-state index contributed by atoms with van der Waals surface area (Å²) in [5, 5.41) is 16.5. The summed E-state index contributed by atoms with van der Waals surface area (Å²) in [6, 6.07) is 0. The Morgan fingerprint density at radius 1 is 1.20 bits per heavy atom. The molecule has 0 fully saturated rings. The van der Waals surface area contributed by atoms with E-state index < -0.39 is 0 Å². The highest BCUT2D eigenvalue weighted by atomic mass is 35.5. The number of hydrogen-bond donors (Lipinski definition) is 1. The molecule has 0 aliphatic carbocycles. The van der Waals surface area contributed by atoms with Crippen molar-refractivity contribution in [1.29, 1.82) is 0 Å². The van der Waals surface area contributed by atoms with Gasteiger partial charge in [0.05, 0.1) is 11.6 Å². The fourth-order valence-corrected chi connectivity index (χ4v) is 2.67. The fourth-order valence-electron chi connectivity index (χ4n) is 2.40. The second-order valence-electron chi connectivity index (χ2n) is 4.95. The van der Waals surface area contributed by atoms with Crippen LogP contribution in [0.2, 0.25) is 5.28 Å². The zero-order chi connectivity index (χ0) is 13.9. The van der Waals surface area contributed by atoms with Crippen LogP contribution in [0.4, 0.5) is 0 Å². The first-order chi connectivity index (χ1) is 9.81. The molecule has 0 amide bonds. The van der Waals surface area contributed by atoms with Crippen molar-refractivity contribution in [3.8, 4) is 0 Å². The van der Waals surface area contributed by atoms with E-state index in [4.69, 9.17) is 11.6 Å². The molecule has 0 unspecified atom stereocenters. The molecule has 3 aromatic rings. The van der Waals surface area contributed by atoms with Crippen molar-refractivity contribution in [3.63, 3.8) is 0 Å². The van der Waals surface area contributed by atoms with Gasteiger partial charge in [0.15, 0.2) is 11.3 Å². The molecule has 1 N–H and O–H groups in total. The average molecular weight is 293 g/mol. The van der Waals surface area contributed by atoms with Gasteiger partial charge in [0.25, 0.3) is 0 Å². The smallest absolute Gasteiger partial charge is 0.212 e. The van der Waals surface area contributed by atoms with E-state index in [-0.39, 0.29) is 0 Å². The normalized spacial score (nSPS) is 11.7. The summed E-state index contributed by atoms with van der Waals surface area (Å²) in [7, 11) is 0. The highest BCUT2D eigenvalue weighted by Crippen LogP contribution is 2.20. The van der Waals surface area contributed by atoms with E-state index in [0.29, 0.717) is 10.9 Å². The summed E-state index contributed by atoms with van der Waals surface area (Å²) >= 11 is 6.23. The molecular formula is C13H17ClN6. The van der Waals surface area contributed by atoms with Crippen molar-refractivity contribution in [2.45, 2.75) is 45.4 Å². The van der Waals surface area contributed by atoms with Gasteiger partial charge in [-0.3, -0.25) is 9.50 Å². The van der Waals surface area contributed by atoms with Crippen molar-refractivity contribution >= 4 is 28.3 Å². The maximum Gasteiger partial charge on any atom is 0.212 e. The van der Waals surface area contributed by atoms with Gasteiger partial charge in [-0.2, -0.15) is 10.1 Å².